The highest BCUT2D eigenvalue weighted by atomic mass is 32.2. The number of anilines is 2. The van der Waals surface area contributed by atoms with Crippen molar-refractivity contribution in [1.82, 2.24) is 9.97 Å². The van der Waals surface area contributed by atoms with Crippen LogP contribution in [-0.4, -0.2) is 34.5 Å². The van der Waals surface area contributed by atoms with E-state index in [9.17, 15) is 4.79 Å². The van der Waals surface area contributed by atoms with Crippen LogP contribution in [0.3, 0.4) is 0 Å². The molecule has 1 amide bonds. The van der Waals surface area contributed by atoms with Crippen molar-refractivity contribution in [3.8, 4) is 11.5 Å². The van der Waals surface area contributed by atoms with Crippen LogP contribution in [0.4, 0.5) is 11.5 Å². The standard InChI is InChI=1S/C23H26N4O3S/c1-3-5-12-24-21-16-8-6-7-9-17(16)26-23(27-21)31-20(4-2)22(28)25-15-10-11-18-19(13-15)30-14-29-18/h6-11,13,20H,3-5,12,14H2,1-2H3,(H,25,28)(H,24,26,27)/t20-/m1/s1. The number of carbonyl (C=O) groups excluding carboxylic acids is 1. The molecular formula is C23H26N4O3S. The smallest absolute Gasteiger partial charge is 0.237 e. The molecule has 31 heavy (non-hydrogen) atoms. The third kappa shape index (κ3) is 5.02. The van der Waals surface area contributed by atoms with Gasteiger partial charge in [-0.1, -0.05) is 44.2 Å². The van der Waals surface area contributed by atoms with Crippen molar-refractivity contribution in [1.29, 1.82) is 0 Å². The molecule has 2 N–H and O–H groups in total. The van der Waals surface area contributed by atoms with Gasteiger partial charge in [0.05, 0.1) is 10.8 Å². The number of unbranched alkanes of at least 4 members (excludes halogenated alkanes) is 1. The first-order valence-electron chi connectivity index (χ1n) is 10.6. The minimum absolute atomic E-state index is 0.0939. The lowest BCUT2D eigenvalue weighted by molar-refractivity contribution is -0.115. The fourth-order valence-corrected chi connectivity index (χ4v) is 4.16. The van der Waals surface area contributed by atoms with E-state index in [2.05, 4.69) is 22.5 Å². The van der Waals surface area contributed by atoms with Gasteiger partial charge >= 0.3 is 0 Å². The van der Waals surface area contributed by atoms with Gasteiger partial charge in [-0.05, 0) is 37.1 Å². The first kappa shape index (κ1) is 21.2. The van der Waals surface area contributed by atoms with Crippen LogP contribution in [0, 0.1) is 0 Å². The molecule has 3 aromatic rings. The molecule has 1 aliphatic rings. The molecule has 0 bridgehead atoms. The molecule has 1 aliphatic heterocycles. The van der Waals surface area contributed by atoms with E-state index >= 15 is 0 Å². The number of amides is 1. The van der Waals surface area contributed by atoms with Crippen molar-refractivity contribution >= 4 is 40.1 Å². The third-order valence-corrected chi connectivity index (χ3v) is 6.18. The van der Waals surface area contributed by atoms with Crippen LogP contribution in [0.25, 0.3) is 10.9 Å². The van der Waals surface area contributed by atoms with E-state index in [1.807, 2.05) is 37.3 Å². The van der Waals surface area contributed by atoms with Gasteiger partial charge in [-0.3, -0.25) is 4.79 Å². The summed E-state index contributed by atoms with van der Waals surface area (Å²) in [6.07, 6.45) is 2.82. The molecule has 7 nitrogen and oxygen atoms in total. The lowest BCUT2D eigenvalue weighted by Gasteiger charge is -2.15. The highest BCUT2D eigenvalue weighted by Gasteiger charge is 2.22. The molecule has 0 radical (unpaired) electrons. The van der Waals surface area contributed by atoms with Gasteiger partial charge < -0.3 is 20.1 Å². The largest absolute Gasteiger partial charge is 0.454 e. The number of thioether (sulfide) groups is 1. The molecular weight excluding hydrogens is 412 g/mol. The van der Waals surface area contributed by atoms with Crippen LogP contribution < -0.4 is 20.1 Å². The van der Waals surface area contributed by atoms with Crippen LogP contribution in [-0.2, 0) is 4.79 Å². The van der Waals surface area contributed by atoms with Gasteiger partial charge in [-0.15, -0.1) is 0 Å². The normalized spacial score (nSPS) is 13.2. The molecule has 0 spiro atoms. The number of benzene rings is 2. The molecule has 162 valence electrons. The van der Waals surface area contributed by atoms with Crippen molar-refractivity contribution in [2.24, 2.45) is 0 Å². The van der Waals surface area contributed by atoms with Crippen LogP contribution in [0.15, 0.2) is 47.6 Å². The van der Waals surface area contributed by atoms with Gasteiger partial charge in [0.1, 0.15) is 5.82 Å². The Hall–Kier alpha value is -3.00. The maximum absolute atomic E-state index is 12.9. The third-order valence-electron chi connectivity index (χ3n) is 4.96. The Kier molecular flexibility index (Phi) is 6.76. The van der Waals surface area contributed by atoms with Crippen molar-refractivity contribution in [3.05, 3.63) is 42.5 Å². The zero-order valence-electron chi connectivity index (χ0n) is 17.7. The number of nitrogens with zero attached hydrogens (tertiary/aromatic N) is 2. The van der Waals surface area contributed by atoms with E-state index in [1.165, 1.54) is 11.8 Å². The molecule has 0 aliphatic carbocycles. The summed E-state index contributed by atoms with van der Waals surface area (Å²) >= 11 is 1.38. The number of hydrogen-bond donors (Lipinski definition) is 2. The Morgan fingerprint density at radius 3 is 2.81 bits per heavy atom. The fourth-order valence-electron chi connectivity index (χ4n) is 3.27. The van der Waals surface area contributed by atoms with Gasteiger partial charge in [0.25, 0.3) is 0 Å². The van der Waals surface area contributed by atoms with E-state index in [-0.39, 0.29) is 18.0 Å². The van der Waals surface area contributed by atoms with E-state index in [4.69, 9.17) is 14.5 Å². The molecule has 0 fully saturated rings. The molecule has 0 saturated carbocycles. The van der Waals surface area contributed by atoms with Gasteiger partial charge in [0, 0.05) is 23.7 Å². The maximum atomic E-state index is 12.9. The van der Waals surface area contributed by atoms with E-state index in [1.54, 1.807) is 12.1 Å². The van der Waals surface area contributed by atoms with Gasteiger partial charge in [0.15, 0.2) is 16.7 Å². The molecule has 2 heterocycles. The number of nitrogens with one attached hydrogen (secondary N) is 2. The summed E-state index contributed by atoms with van der Waals surface area (Å²) in [4.78, 5) is 22.3. The first-order chi connectivity index (χ1) is 15.2. The van der Waals surface area contributed by atoms with E-state index in [0.29, 0.717) is 28.8 Å². The van der Waals surface area contributed by atoms with Crippen LogP contribution in [0.5, 0.6) is 11.5 Å². The van der Waals surface area contributed by atoms with Crippen molar-refractivity contribution < 1.29 is 14.3 Å². The molecule has 1 atom stereocenters. The number of hydrogen-bond acceptors (Lipinski definition) is 7. The zero-order valence-corrected chi connectivity index (χ0v) is 18.5. The van der Waals surface area contributed by atoms with Crippen molar-refractivity contribution in [2.75, 3.05) is 24.0 Å². The Labute approximate surface area is 185 Å². The molecule has 2 aromatic carbocycles. The first-order valence-corrected chi connectivity index (χ1v) is 11.4. The summed E-state index contributed by atoms with van der Waals surface area (Å²) in [5.74, 6) is 2.04. The van der Waals surface area contributed by atoms with Crippen LogP contribution in [0.2, 0.25) is 0 Å². The summed E-state index contributed by atoms with van der Waals surface area (Å²) in [6, 6.07) is 13.3. The SMILES string of the molecule is CCCCNc1nc(S[C@H](CC)C(=O)Nc2ccc3c(c2)OCO3)nc2ccccc12. The number of fused-ring (bicyclic) bond motifs is 2. The van der Waals surface area contributed by atoms with Crippen LogP contribution >= 0.6 is 11.8 Å². The second kappa shape index (κ2) is 9.87. The number of aromatic nitrogens is 2. The molecule has 0 unspecified atom stereocenters. The maximum Gasteiger partial charge on any atom is 0.237 e. The Morgan fingerprint density at radius 1 is 1.13 bits per heavy atom. The average Bonchev–Trinajstić information content (AvgIpc) is 3.25. The summed E-state index contributed by atoms with van der Waals surface area (Å²) in [5.41, 5.74) is 1.54. The number of rotatable bonds is 9. The summed E-state index contributed by atoms with van der Waals surface area (Å²) in [6.45, 7) is 5.20. The van der Waals surface area contributed by atoms with E-state index < -0.39 is 0 Å². The highest BCUT2D eigenvalue weighted by Crippen LogP contribution is 2.35. The number of carbonyl (C=O) groups is 1. The number of ether oxygens (including phenoxy) is 2. The lowest BCUT2D eigenvalue weighted by atomic mass is 10.2. The minimum atomic E-state index is -0.324. The summed E-state index contributed by atoms with van der Waals surface area (Å²) < 4.78 is 10.7. The number of para-hydroxylation sites is 1. The minimum Gasteiger partial charge on any atom is -0.454 e. The second-order valence-electron chi connectivity index (χ2n) is 7.22. The van der Waals surface area contributed by atoms with Gasteiger partial charge in [-0.25, -0.2) is 9.97 Å². The summed E-state index contributed by atoms with van der Waals surface area (Å²) in [7, 11) is 0. The Balaban J connectivity index is 1.51. The zero-order chi connectivity index (χ0) is 21.6. The lowest BCUT2D eigenvalue weighted by Crippen LogP contribution is -2.24. The molecule has 4 rings (SSSR count). The van der Waals surface area contributed by atoms with Gasteiger partial charge in [0.2, 0.25) is 12.7 Å². The average molecular weight is 439 g/mol. The summed E-state index contributed by atoms with van der Waals surface area (Å²) in [5, 5.41) is 7.64. The highest BCUT2D eigenvalue weighted by molar-refractivity contribution is 8.00. The van der Waals surface area contributed by atoms with E-state index in [0.717, 1.165) is 36.1 Å². The van der Waals surface area contributed by atoms with Gasteiger partial charge in [-0.2, -0.15) is 0 Å². The molecule has 1 aromatic heterocycles. The second-order valence-corrected chi connectivity index (χ2v) is 8.39. The Morgan fingerprint density at radius 2 is 1.97 bits per heavy atom. The monoisotopic (exact) mass is 438 g/mol. The Bertz CT molecular complexity index is 1080. The topological polar surface area (TPSA) is 85.4 Å². The van der Waals surface area contributed by atoms with Crippen LogP contribution in [0.1, 0.15) is 33.1 Å². The molecule has 0 saturated heterocycles. The fraction of sp³-hybridized carbons (Fsp3) is 0.348. The predicted octanol–water partition coefficient (Wildman–Crippen LogP) is 5.08. The predicted molar refractivity (Wildman–Crippen MR) is 124 cm³/mol. The van der Waals surface area contributed by atoms with Crippen molar-refractivity contribution in [2.45, 2.75) is 43.5 Å². The quantitative estimate of drug-likeness (QED) is 0.274. The van der Waals surface area contributed by atoms with Crippen molar-refractivity contribution in [3.63, 3.8) is 0 Å². The molecule has 8 heteroatoms.